The van der Waals surface area contributed by atoms with E-state index in [9.17, 15) is 17.8 Å². The quantitative estimate of drug-likeness (QED) is 0.162. The van der Waals surface area contributed by atoms with Crippen LogP contribution in [0.2, 0.25) is 0 Å². The molecule has 0 aromatic carbocycles. The third-order valence-electron chi connectivity index (χ3n) is 7.27. The van der Waals surface area contributed by atoms with Crippen LogP contribution in [0.15, 0.2) is 24.8 Å². The van der Waals surface area contributed by atoms with Crippen LogP contribution in [0.25, 0.3) is 16.9 Å². The molecule has 1 amide bonds. The summed E-state index contributed by atoms with van der Waals surface area (Å²) in [7, 11) is 0.268. The molecule has 0 aliphatic rings. The van der Waals surface area contributed by atoms with Gasteiger partial charge < -0.3 is 24.3 Å². The molecule has 0 saturated heterocycles. The fraction of sp³-hybridized carbons (Fsp3) is 0.667. The number of methoxy groups -OCH3 is 1. The number of carbonyl (C=O) groups excluding carboxylic acids is 1. The number of alkyl carbamates (subject to hydrolysis) is 1. The lowest BCUT2D eigenvalue weighted by atomic mass is 10.1. The third-order valence-corrected chi connectivity index (χ3v) is 9.31. The van der Waals surface area contributed by atoms with Crippen molar-refractivity contribution in [1.82, 2.24) is 34.2 Å². The van der Waals surface area contributed by atoms with Crippen molar-refractivity contribution in [2.75, 3.05) is 33.5 Å². The smallest absolute Gasteiger partial charge is 0.407 e. The summed E-state index contributed by atoms with van der Waals surface area (Å²) in [6, 6.07) is 1.13. The SMILES string of the molecule is CCN([C@H](C)c1cnc(OC)c(-c2cn3ncnc3c(OCCOCCC(CCC(C)(F)F)NC(=O)OC(C)(C)C)n2)c1)S(=O)C(C)(C)C. The first-order valence-electron chi connectivity index (χ1n) is 16.3. The summed E-state index contributed by atoms with van der Waals surface area (Å²) in [5, 5.41) is 6.95. The zero-order valence-electron chi connectivity index (χ0n) is 30.2. The van der Waals surface area contributed by atoms with Gasteiger partial charge in [-0.05, 0) is 79.9 Å². The number of carbonyl (C=O) groups is 1. The van der Waals surface area contributed by atoms with Gasteiger partial charge in [-0.15, -0.1) is 0 Å². The first kappa shape index (κ1) is 39.9. The number of fused-ring (bicyclic) bond motifs is 1. The monoisotopic (exact) mass is 711 g/mol. The Bertz CT molecular complexity index is 1550. The summed E-state index contributed by atoms with van der Waals surface area (Å²) >= 11 is 0. The van der Waals surface area contributed by atoms with Gasteiger partial charge >= 0.3 is 6.09 Å². The molecule has 3 heterocycles. The van der Waals surface area contributed by atoms with E-state index in [1.54, 1.807) is 33.2 Å². The van der Waals surface area contributed by atoms with Gasteiger partial charge in [0.15, 0.2) is 0 Å². The van der Waals surface area contributed by atoms with Crippen LogP contribution in [0.4, 0.5) is 13.6 Å². The zero-order chi connectivity index (χ0) is 36.6. The molecule has 0 aliphatic carbocycles. The number of alkyl halides is 2. The Morgan fingerprint density at radius 2 is 1.78 bits per heavy atom. The molecule has 13 nitrogen and oxygen atoms in total. The van der Waals surface area contributed by atoms with Gasteiger partial charge in [0, 0.05) is 37.9 Å². The zero-order valence-corrected chi connectivity index (χ0v) is 31.0. The highest BCUT2D eigenvalue weighted by Gasteiger charge is 2.30. The average molecular weight is 712 g/mol. The van der Waals surface area contributed by atoms with E-state index >= 15 is 0 Å². The van der Waals surface area contributed by atoms with Gasteiger partial charge in [0.1, 0.15) is 29.5 Å². The van der Waals surface area contributed by atoms with Crippen molar-refractivity contribution in [3.63, 3.8) is 0 Å². The van der Waals surface area contributed by atoms with Crippen LogP contribution in [0.5, 0.6) is 11.8 Å². The van der Waals surface area contributed by atoms with Crippen molar-refractivity contribution in [3.8, 4) is 23.0 Å². The Labute approximate surface area is 290 Å². The summed E-state index contributed by atoms with van der Waals surface area (Å²) in [6.45, 7) is 16.8. The molecule has 3 aromatic heterocycles. The minimum absolute atomic E-state index is 0.0629. The van der Waals surface area contributed by atoms with Crippen molar-refractivity contribution >= 4 is 22.7 Å². The largest absolute Gasteiger partial charge is 0.481 e. The average Bonchev–Trinajstić information content (AvgIpc) is 3.48. The van der Waals surface area contributed by atoms with Crippen LogP contribution < -0.4 is 14.8 Å². The number of aromatic nitrogens is 5. The molecule has 16 heteroatoms. The van der Waals surface area contributed by atoms with Gasteiger partial charge in [0.2, 0.25) is 17.4 Å². The molecule has 274 valence electrons. The van der Waals surface area contributed by atoms with Gasteiger partial charge in [-0.2, -0.15) is 5.10 Å². The Morgan fingerprint density at radius 3 is 2.39 bits per heavy atom. The number of pyridine rings is 1. The highest BCUT2D eigenvalue weighted by Crippen LogP contribution is 2.34. The maximum absolute atomic E-state index is 13.5. The molecule has 0 saturated carbocycles. The Hall–Kier alpha value is -3.50. The molecule has 0 spiro atoms. The van der Waals surface area contributed by atoms with Gasteiger partial charge in [0.05, 0.1) is 35.9 Å². The fourth-order valence-electron chi connectivity index (χ4n) is 4.84. The first-order chi connectivity index (χ1) is 22.8. The molecular formula is C33H51F2N7O6S. The van der Waals surface area contributed by atoms with E-state index in [1.807, 2.05) is 45.0 Å². The maximum atomic E-state index is 13.5. The van der Waals surface area contributed by atoms with Crippen molar-refractivity contribution in [2.45, 2.75) is 110 Å². The van der Waals surface area contributed by atoms with E-state index in [2.05, 4.69) is 20.4 Å². The molecule has 0 aliphatic heterocycles. The maximum Gasteiger partial charge on any atom is 0.407 e. The van der Waals surface area contributed by atoms with Crippen LogP contribution in [-0.4, -0.2) is 95.0 Å². The number of nitrogens with one attached hydrogen (secondary N) is 1. The van der Waals surface area contributed by atoms with Gasteiger partial charge in [0.25, 0.3) is 5.88 Å². The summed E-state index contributed by atoms with van der Waals surface area (Å²) < 4.78 is 66.0. The van der Waals surface area contributed by atoms with E-state index in [4.69, 9.17) is 23.9 Å². The Morgan fingerprint density at radius 1 is 1.06 bits per heavy atom. The predicted molar refractivity (Wildman–Crippen MR) is 183 cm³/mol. The lowest BCUT2D eigenvalue weighted by Gasteiger charge is -2.32. The predicted octanol–water partition coefficient (Wildman–Crippen LogP) is 6.15. The summed E-state index contributed by atoms with van der Waals surface area (Å²) in [5.41, 5.74) is 1.56. The van der Waals surface area contributed by atoms with Crippen molar-refractivity contribution in [3.05, 3.63) is 30.4 Å². The van der Waals surface area contributed by atoms with Crippen molar-refractivity contribution < 1.29 is 36.7 Å². The van der Waals surface area contributed by atoms with E-state index in [0.29, 0.717) is 35.8 Å². The molecule has 0 radical (unpaired) electrons. The van der Waals surface area contributed by atoms with E-state index < -0.39 is 39.4 Å². The second kappa shape index (κ2) is 16.9. The molecule has 3 aromatic rings. The number of hydrogen-bond donors (Lipinski definition) is 1. The van der Waals surface area contributed by atoms with Crippen LogP contribution in [0.1, 0.15) is 93.2 Å². The number of ether oxygens (including phenoxy) is 4. The van der Waals surface area contributed by atoms with Crippen LogP contribution >= 0.6 is 0 Å². The molecule has 2 unspecified atom stereocenters. The highest BCUT2D eigenvalue weighted by molar-refractivity contribution is 7.84. The minimum atomic E-state index is -2.86. The molecule has 1 N–H and O–H groups in total. The van der Waals surface area contributed by atoms with Gasteiger partial charge in [-0.1, -0.05) is 6.92 Å². The minimum Gasteiger partial charge on any atom is -0.481 e. The van der Waals surface area contributed by atoms with Crippen molar-refractivity contribution in [1.29, 1.82) is 0 Å². The number of nitrogens with zero attached hydrogens (tertiary/aromatic N) is 6. The van der Waals surface area contributed by atoms with E-state index in [-0.39, 0.29) is 44.6 Å². The topological polar surface area (TPSA) is 142 Å². The molecule has 0 fully saturated rings. The van der Waals surface area contributed by atoms with Crippen LogP contribution in [-0.2, 0) is 20.5 Å². The molecular weight excluding hydrogens is 660 g/mol. The van der Waals surface area contributed by atoms with Crippen LogP contribution in [0, 0.1) is 0 Å². The molecule has 3 atom stereocenters. The van der Waals surface area contributed by atoms with Gasteiger partial charge in [-0.25, -0.2) is 41.6 Å². The van der Waals surface area contributed by atoms with Crippen LogP contribution in [0.3, 0.4) is 0 Å². The van der Waals surface area contributed by atoms with E-state index in [0.717, 1.165) is 12.5 Å². The number of halogens is 2. The fourth-order valence-corrected chi connectivity index (χ4v) is 6.19. The summed E-state index contributed by atoms with van der Waals surface area (Å²) in [4.78, 5) is 25.8. The standard InChI is InChI=1S/C33H51F2N7O6S/c1-11-42(49(44)32(6,7)8)22(2)23-18-25(28(45-10)36-19-23)26-20-41-27(37-21-38-41)29(40-26)47-17-16-46-15-13-24(12-14-33(9,34)35)39-30(43)48-31(3,4)5/h18-22,24H,11-17H2,1-10H3,(H,39,43)/t22-,24?,49?/m1/s1. The molecule has 49 heavy (non-hydrogen) atoms. The number of hydrogen-bond acceptors (Lipinski definition) is 10. The first-order valence-corrected chi connectivity index (χ1v) is 17.4. The third kappa shape index (κ3) is 12.1. The van der Waals surface area contributed by atoms with Gasteiger partial charge in [-0.3, -0.25) is 0 Å². The highest BCUT2D eigenvalue weighted by atomic mass is 32.2. The van der Waals surface area contributed by atoms with E-state index in [1.165, 1.54) is 18.0 Å². The van der Waals surface area contributed by atoms with Crippen molar-refractivity contribution in [2.24, 2.45) is 0 Å². The second-order valence-electron chi connectivity index (χ2n) is 13.8. The normalized spacial score (nSPS) is 14.5. The lowest BCUT2D eigenvalue weighted by Crippen LogP contribution is -2.40. The summed E-state index contributed by atoms with van der Waals surface area (Å²) in [6.07, 6.45) is 4.10. The molecule has 3 rings (SSSR count). The Kier molecular flexibility index (Phi) is 13.8. The molecule has 0 bridgehead atoms. The lowest BCUT2D eigenvalue weighted by molar-refractivity contribution is 0.00502. The Balaban J connectivity index is 1.72. The summed E-state index contributed by atoms with van der Waals surface area (Å²) in [5.74, 6) is -2.32. The number of amides is 1. The second-order valence-corrected chi connectivity index (χ2v) is 15.9. The number of rotatable bonds is 17.